The molecule has 1 aliphatic rings. The van der Waals surface area contributed by atoms with Gasteiger partial charge < -0.3 is 19.5 Å². The summed E-state index contributed by atoms with van der Waals surface area (Å²) in [7, 11) is -0.578. The Balaban J connectivity index is 1.88. The minimum atomic E-state index is -3.59. The number of hydrogen-bond acceptors (Lipinski definition) is 6. The molecule has 1 N–H and O–H groups in total. The molecule has 1 amide bonds. The molecule has 0 unspecified atom stereocenters. The molecule has 0 bridgehead atoms. The SMILES string of the molecule is COc1ccc(NC(=O)[C@H]2CN(S(C)(=O)=O)c3cc(C)ccc3O2)c(OC)c1. The van der Waals surface area contributed by atoms with Crippen LogP contribution in [0.2, 0.25) is 0 Å². The molecule has 1 atom stereocenters. The number of fused-ring (bicyclic) bond motifs is 1. The van der Waals surface area contributed by atoms with Crippen molar-refractivity contribution in [1.82, 2.24) is 0 Å². The summed E-state index contributed by atoms with van der Waals surface area (Å²) >= 11 is 0. The molecule has 0 radical (unpaired) electrons. The van der Waals surface area contributed by atoms with Crippen molar-refractivity contribution in [2.45, 2.75) is 13.0 Å². The lowest BCUT2D eigenvalue weighted by Crippen LogP contribution is -2.48. The van der Waals surface area contributed by atoms with Crippen LogP contribution in [0.1, 0.15) is 5.56 Å². The second-order valence-electron chi connectivity index (χ2n) is 6.43. The van der Waals surface area contributed by atoms with E-state index in [0.717, 1.165) is 11.8 Å². The molecule has 150 valence electrons. The van der Waals surface area contributed by atoms with E-state index in [1.807, 2.05) is 6.92 Å². The second kappa shape index (κ2) is 7.59. The average Bonchev–Trinajstić information content (AvgIpc) is 2.66. The Labute approximate surface area is 164 Å². The van der Waals surface area contributed by atoms with Crippen molar-refractivity contribution >= 4 is 27.3 Å². The number of aryl methyl sites for hydroxylation is 1. The smallest absolute Gasteiger partial charge is 0.267 e. The van der Waals surface area contributed by atoms with Gasteiger partial charge in [0.05, 0.1) is 38.4 Å². The van der Waals surface area contributed by atoms with Crippen LogP contribution in [0.3, 0.4) is 0 Å². The van der Waals surface area contributed by atoms with Crippen LogP contribution in [-0.2, 0) is 14.8 Å². The lowest BCUT2D eigenvalue weighted by Gasteiger charge is -2.34. The Bertz CT molecular complexity index is 1010. The van der Waals surface area contributed by atoms with Crippen LogP contribution in [0.15, 0.2) is 36.4 Å². The third kappa shape index (κ3) is 3.99. The standard InChI is InChI=1S/C19H22N2O6S/c1-12-5-8-16-15(9-12)21(28(4,23)24)11-18(27-16)19(22)20-14-7-6-13(25-2)10-17(14)26-3/h5-10,18H,11H2,1-4H3,(H,20,22)/t18-/m1/s1. The van der Waals surface area contributed by atoms with Gasteiger partial charge in [-0.25, -0.2) is 8.42 Å². The van der Waals surface area contributed by atoms with Gasteiger partial charge in [-0.2, -0.15) is 0 Å². The number of hydrogen-bond donors (Lipinski definition) is 1. The summed E-state index contributed by atoms with van der Waals surface area (Å²) in [4.78, 5) is 12.8. The Morgan fingerprint density at radius 3 is 2.57 bits per heavy atom. The van der Waals surface area contributed by atoms with Crippen molar-refractivity contribution in [3.63, 3.8) is 0 Å². The van der Waals surface area contributed by atoms with Crippen LogP contribution in [0.25, 0.3) is 0 Å². The summed E-state index contributed by atoms with van der Waals surface area (Å²) in [5.41, 5.74) is 1.74. The minimum Gasteiger partial charge on any atom is -0.497 e. The number of methoxy groups -OCH3 is 2. The molecular formula is C19H22N2O6S. The molecular weight excluding hydrogens is 384 g/mol. The Kier molecular flexibility index (Phi) is 5.37. The molecule has 0 fully saturated rings. The molecule has 28 heavy (non-hydrogen) atoms. The van der Waals surface area contributed by atoms with E-state index in [1.54, 1.807) is 36.4 Å². The van der Waals surface area contributed by atoms with Gasteiger partial charge in [0.25, 0.3) is 5.91 Å². The Morgan fingerprint density at radius 1 is 1.18 bits per heavy atom. The van der Waals surface area contributed by atoms with E-state index in [9.17, 15) is 13.2 Å². The van der Waals surface area contributed by atoms with Gasteiger partial charge in [-0.1, -0.05) is 6.07 Å². The van der Waals surface area contributed by atoms with Gasteiger partial charge in [0, 0.05) is 6.07 Å². The molecule has 9 heteroatoms. The molecule has 8 nitrogen and oxygen atoms in total. The molecule has 0 saturated carbocycles. The van der Waals surface area contributed by atoms with Crippen molar-refractivity contribution in [3.05, 3.63) is 42.0 Å². The van der Waals surface area contributed by atoms with Crippen LogP contribution in [0.4, 0.5) is 11.4 Å². The zero-order valence-electron chi connectivity index (χ0n) is 16.1. The zero-order chi connectivity index (χ0) is 20.5. The van der Waals surface area contributed by atoms with Crippen LogP contribution in [0, 0.1) is 6.92 Å². The number of nitrogens with one attached hydrogen (secondary N) is 1. The molecule has 2 aromatic rings. The molecule has 3 rings (SSSR count). The number of benzene rings is 2. The molecule has 1 aliphatic heterocycles. The first-order chi connectivity index (χ1) is 13.2. The number of carbonyl (C=O) groups excluding carboxylic acids is 1. The summed E-state index contributed by atoms with van der Waals surface area (Å²) in [6.07, 6.45) is 0.0862. The molecule has 2 aromatic carbocycles. The van der Waals surface area contributed by atoms with Crippen LogP contribution in [-0.4, -0.2) is 47.4 Å². The van der Waals surface area contributed by atoms with Crippen LogP contribution in [0.5, 0.6) is 17.2 Å². The number of rotatable bonds is 5. The van der Waals surface area contributed by atoms with Gasteiger partial charge in [0.2, 0.25) is 10.0 Å². The van der Waals surface area contributed by atoms with Gasteiger partial charge in [-0.05, 0) is 36.8 Å². The molecule has 0 aliphatic carbocycles. The molecule has 0 aromatic heterocycles. The van der Waals surface area contributed by atoms with Crippen molar-refractivity contribution in [1.29, 1.82) is 0 Å². The zero-order valence-corrected chi connectivity index (χ0v) is 16.9. The predicted octanol–water partition coefficient (Wildman–Crippen LogP) is 2.18. The first-order valence-corrected chi connectivity index (χ1v) is 10.4. The minimum absolute atomic E-state index is 0.125. The maximum absolute atomic E-state index is 12.8. The molecule has 0 saturated heterocycles. The highest BCUT2D eigenvalue weighted by molar-refractivity contribution is 7.92. The fourth-order valence-corrected chi connectivity index (χ4v) is 3.83. The predicted molar refractivity (Wildman–Crippen MR) is 106 cm³/mol. The fourth-order valence-electron chi connectivity index (χ4n) is 2.93. The molecule has 0 spiro atoms. The van der Waals surface area contributed by atoms with E-state index in [0.29, 0.717) is 28.6 Å². The maximum Gasteiger partial charge on any atom is 0.267 e. The number of amides is 1. The second-order valence-corrected chi connectivity index (χ2v) is 8.33. The van der Waals surface area contributed by atoms with E-state index >= 15 is 0 Å². The average molecular weight is 406 g/mol. The quantitative estimate of drug-likeness (QED) is 0.818. The van der Waals surface area contributed by atoms with Crippen molar-refractivity contribution in [3.8, 4) is 17.2 Å². The number of ether oxygens (including phenoxy) is 3. The third-order valence-electron chi connectivity index (χ3n) is 4.34. The third-order valence-corrected chi connectivity index (χ3v) is 5.49. The highest BCUT2D eigenvalue weighted by Gasteiger charge is 2.35. The summed E-state index contributed by atoms with van der Waals surface area (Å²) in [5.74, 6) is 0.850. The van der Waals surface area contributed by atoms with E-state index in [2.05, 4.69) is 5.32 Å². The Hall–Kier alpha value is -2.94. The van der Waals surface area contributed by atoms with Gasteiger partial charge in [-0.15, -0.1) is 0 Å². The van der Waals surface area contributed by atoms with Crippen LogP contribution < -0.4 is 23.8 Å². The summed E-state index contributed by atoms with van der Waals surface area (Å²) in [6.45, 7) is 1.73. The Morgan fingerprint density at radius 2 is 1.93 bits per heavy atom. The van der Waals surface area contributed by atoms with E-state index < -0.39 is 22.0 Å². The lowest BCUT2D eigenvalue weighted by molar-refractivity contribution is -0.122. The van der Waals surface area contributed by atoms with Gasteiger partial charge >= 0.3 is 0 Å². The van der Waals surface area contributed by atoms with E-state index in [1.165, 1.54) is 18.5 Å². The van der Waals surface area contributed by atoms with Gasteiger partial charge in [-0.3, -0.25) is 9.10 Å². The lowest BCUT2D eigenvalue weighted by atomic mass is 10.1. The van der Waals surface area contributed by atoms with E-state index in [-0.39, 0.29) is 6.54 Å². The number of carbonyl (C=O) groups is 1. The van der Waals surface area contributed by atoms with Gasteiger partial charge in [0.15, 0.2) is 6.10 Å². The van der Waals surface area contributed by atoms with E-state index in [4.69, 9.17) is 14.2 Å². The summed E-state index contributed by atoms with van der Waals surface area (Å²) < 4.78 is 41.9. The van der Waals surface area contributed by atoms with Gasteiger partial charge in [0.1, 0.15) is 17.2 Å². The molecule has 1 heterocycles. The first-order valence-electron chi connectivity index (χ1n) is 8.51. The highest BCUT2D eigenvalue weighted by Crippen LogP contribution is 2.36. The monoisotopic (exact) mass is 406 g/mol. The van der Waals surface area contributed by atoms with Crippen LogP contribution >= 0.6 is 0 Å². The van der Waals surface area contributed by atoms with Crippen molar-refractivity contribution in [2.75, 3.05) is 36.6 Å². The maximum atomic E-state index is 12.8. The summed E-state index contributed by atoms with van der Waals surface area (Å²) in [6, 6.07) is 10.1. The number of nitrogens with zero attached hydrogens (tertiary/aromatic N) is 1. The van der Waals surface area contributed by atoms with Crippen molar-refractivity contribution < 1.29 is 27.4 Å². The largest absolute Gasteiger partial charge is 0.497 e. The fraction of sp³-hybridized carbons (Fsp3) is 0.316. The topological polar surface area (TPSA) is 94.2 Å². The normalized spacial score (nSPS) is 16.0. The first kappa shape index (κ1) is 19.8. The highest BCUT2D eigenvalue weighted by atomic mass is 32.2. The number of sulfonamides is 1. The van der Waals surface area contributed by atoms with Crippen molar-refractivity contribution in [2.24, 2.45) is 0 Å². The number of anilines is 2. The summed E-state index contributed by atoms with van der Waals surface area (Å²) in [5, 5.41) is 2.73.